The van der Waals surface area contributed by atoms with Crippen molar-refractivity contribution in [3.63, 3.8) is 0 Å². The van der Waals surface area contributed by atoms with E-state index in [0.717, 1.165) is 28.7 Å². The van der Waals surface area contributed by atoms with Crippen LogP contribution in [0.4, 0.5) is 0 Å². The van der Waals surface area contributed by atoms with Gasteiger partial charge >= 0.3 is 0 Å². The largest absolute Gasteiger partial charge is 0.507 e. The van der Waals surface area contributed by atoms with Gasteiger partial charge < -0.3 is 9.84 Å². The number of ketones is 1. The second-order valence-electron chi connectivity index (χ2n) is 5.05. The third-order valence-electron chi connectivity index (χ3n) is 3.40. The Labute approximate surface area is 142 Å². The summed E-state index contributed by atoms with van der Waals surface area (Å²) in [6.45, 7) is 0. The quantitative estimate of drug-likeness (QED) is 0.408. The number of carbonyl (C=O) groups is 1. The summed E-state index contributed by atoms with van der Waals surface area (Å²) in [6.07, 6.45) is 3.13. The molecule has 7 heteroatoms. The van der Waals surface area contributed by atoms with Crippen LogP contribution in [0.15, 0.2) is 48.1 Å². The van der Waals surface area contributed by atoms with Gasteiger partial charge in [0.1, 0.15) is 17.8 Å². The average Bonchev–Trinajstić information content (AvgIpc) is 3.27. The maximum atomic E-state index is 11.9. The number of ether oxygens (including phenoxy) is 1. The number of benzene rings is 1. The number of H-pyrrole nitrogens is 1. The van der Waals surface area contributed by atoms with E-state index in [1.165, 1.54) is 17.7 Å². The van der Waals surface area contributed by atoms with Gasteiger partial charge in [-0.05, 0) is 23.8 Å². The topological polar surface area (TPSA) is 88.1 Å². The zero-order valence-electron chi connectivity index (χ0n) is 12.9. The first-order valence-corrected chi connectivity index (χ1v) is 8.05. The molecule has 0 atom stereocenters. The minimum Gasteiger partial charge on any atom is -0.507 e. The molecule has 0 spiro atoms. The van der Waals surface area contributed by atoms with Crippen molar-refractivity contribution in [3.8, 4) is 5.75 Å². The minimum atomic E-state index is -0.423. The average molecular weight is 341 g/mol. The molecule has 0 fully saturated rings. The van der Waals surface area contributed by atoms with Gasteiger partial charge in [0, 0.05) is 28.3 Å². The molecule has 6 nitrogen and oxygen atoms in total. The molecule has 0 aliphatic heterocycles. The highest BCUT2D eigenvalue weighted by atomic mass is 32.1. The highest BCUT2D eigenvalue weighted by Gasteiger charge is 2.10. The molecule has 0 unspecified atom stereocenters. The molecule has 0 amide bonds. The molecule has 0 saturated carbocycles. The number of aromatic amines is 1. The summed E-state index contributed by atoms with van der Waals surface area (Å²) in [5.41, 5.74) is 1.75. The van der Waals surface area contributed by atoms with Gasteiger partial charge in [0.05, 0.1) is 7.11 Å². The van der Waals surface area contributed by atoms with Gasteiger partial charge in [-0.2, -0.15) is 5.10 Å². The number of aromatic nitrogens is 3. The zero-order chi connectivity index (χ0) is 16.9. The first-order chi connectivity index (χ1) is 11.7. The molecule has 0 aliphatic carbocycles. The number of nitrogens with zero attached hydrogens (tertiary/aromatic N) is 2. The number of hydrogen-bond donors (Lipinski definition) is 2. The number of methoxy groups -OCH3 is 1. The molecule has 0 radical (unpaired) electrons. The predicted molar refractivity (Wildman–Crippen MR) is 91.4 cm³/mol. The number of carbonyl (C=O) groups excluding carboxylic acids is 1. The van der Waals surface area contributed by atoms with E-state index in [0.29, 0.717) is 5.56 Å². The Bertz CT molecular complexity index is 852. The first-order valence-electron chi connectivity index (χ1n) is 7.17. The molecule has 2 N–H and O–H groups in total. The van der Waals surface area contributed by atoms with Crippen LogP contribution in [-0.4, -0.2) is 33.2 Å². The number of rotatable bonds is 6. The lowest BCUT2D eigenvalue weighted by atomic mass is 10.1. The van der Waals surface area contributed by atoms with E-state index < -0.39 is 5.78 Å². The predicted octanol–water partition coefficient (Wildman–Crippen LogP) is 3.25. The lowest BCUT2D eigenvalue weighted by molar-refractivity contribution is 0.103. The third-order valence-corrected chi connectivity index (χ3v) is 4.34. The van der Waals surface area contributed by atoms with Crippen molar-refractivity contribution >= 4 is 22.9 Å². The van der Waals surface area contributed by atoms with E-state index in [2.05, 4.69) is 15.2 Å². The molecule has 2 aromatic heterocycles. The van der Waals surface area contributed by atoms with Crippen molar-refractivity contribution in [1.29, 1.82) is 0 Å². The van der Waals surface area contributed by atoms with Gasteiger partial charge in [-0.3, -0.25) is 9.89 Å². The monoisotopic (exact) mass is 341 g/mol. The fourth-order valence-electron chi connectivity index (χ4n) is 2.15. The molecule has 0 saturated heterocycles. The van der Waals surface area contributed by atoms with E-state index in [9.17, 15) is 9.90 Å². The van der Waals surface area contributed by atoms with E-state index in [1.807, 2.05) is 35.7 Å². The molecule has 2 heterocycles. The summed E-state index contributed by atoms with van der Waals surface area (Å²) in [5.74, 6) is 0.397. The molecule has 0 aliphatic rings. The Kier molecular flexibility index (Phi) is 4.72. The van der Waals surface area contributed by atoms with Crippen molar-refractivity contribution in [3.05, 3.63) is 69.9 Å². The summed E-state index contributed by atoms with van der Waals surface area (Å²) in [5, 5.41) is 18.0. The summed E-state index contributed by atoms with van der Waals surface area (Å²) < 4.78 is 5.14. The standard InChI is InChI=1S/C17H15N3O3S/c1-23-13-4-2-11(3-5-13)6-14-7-12(9-24-14)15(21)8-16(22)17-18-10-19-20-17/h2-5,7-10,21H,6H2,1H3,(H,18,19,20). The molecular weight excluding hydrogens is 326 g/mol. The molecule has 3 rings (SSSR count). The third kappa shape index (κ3) is 3.69. The van der Waals surface area contributed by atoms with Gasteiger partial charge in [0.15, 0.2) is 5.82 Å². The van der Waals surface area contributed by atoms with Crippen LogP contribution in [0, 0.1) is 0 Å². The van der Waals surface area contributed by atoms with E-state index >= 15 is 0 Å². The van der Waals surface area contributed by atoms with Gasteiger partial charge in [0.2, 0.25) is 5.78 Å². The summed E-state index contributed by atoms with van der Waals surface area (Å²) in [6, 6.07) is 9.70. The minimum absolute atomic E-state index is 0.0892. The normalized spacial score (nSPS) is 11.5. The Hall–Kier alpha value is -2.93. The fourth-order valence-corrected chi connectivity index (χ4v) is 3.06. The van der Waals surface area contributed by atoms with Gasteiger partial charge in [-0.25, -0.2) is 4.98 Å². The van der Waals surface area contributed by atoms with Gasteiger partial charge in [-0.1, -0.05) is 12.1 Å². The van der Waals surface area contributed by atoms with Crippen LogP contribution >= 0.6 is 11.3 Å². The maximum Gasteiger partial charge on any atom is 0.226 e. The lowest BCUT2D eigenvalue weighted by Crippen LogP contribution is -1.99. The Morgan fingerprint density at radius 1 is 1.38 bits per heavy atom. The van der Waals surface area contributed by atoms with Crippen LogP contribution in [-0.2, 0) is 6.42 Å². The van der Waals surface area contributed by atoms with Crippen molar-refractivity contribution in [1.82, 2.24) is 15.2 Å². The van der Waals surface area contributed by atoms with Crippen LogP contribution in [0.25, 0.3) is 5.76 Å². The summed E-state index contributed by atoms with van der Waals surface area (Å²) >= 11 is 1.53. The lowest BCUT2D eigenvalue weighted by Gasteiger charge is -2.01. The summed E-state index contributed by atoms with van der Waals surface area (Å²) in [7, 11) is 1.63. The maximum absolute atomic E-state index is 11.9. The molecule has 122 valence electrons. The van der Waals surface area contributed by atoms with Crippen LogP contribution in [0.2, 0.25) is 0 Å². The van der Waals surface area contributed by atoms with Crippen molar-refractivity contribution in [2.45, 2.75) is 6.42 Å². The van der Waals surface area contributed by atoms with Crippen LogP contribution in [0.5, 0.6) is 5.75 Å². The van der Waals surface area contributed by atoms with Crippen molar-refractivity contribution in [2.75, 3.05) is 7.11 Å². The second kappa shape index (κ2) is 7.10. The number of hydrogen-bond acceptors (Lipinski definition) is 6. The number of aliphatic hydroxyl groups excluding tert-OH is 1. The number of thiophene rings is 1. The van der Waals surface area contributed by atoms with Gasteiger partial charge in [0.25, 0.3) is 0 Å². The van der Waals surface area contributed by atoms with E-state index in [4.69, 9.17) is 4.74 Å². The molecule has 1 aromatic carbocycles. The SMILES string of the molecule is COc1ccc(Cc2cc(C(O)=CC(=O)c3ncn[nH]3)cs2)cc1. The van der Waals surface area contributed by atoms with Crippen LogP contribution < -0.4 is 4.74 Å². The molecule has 24 heavy (non-hydrogen) atoms. The van der Waals surface area contributed by atoms with Crippen LogP contribution in [0.3, 0.4) is 0 Å². The van der Waals surface area contributed by atoms with Crippen LogP contribution in [0.1, 0.15) is 26.6 Å². The summed E-state index contributed by atoms with van der Waals surface area (Å²) in [4.78, 5) is 16.7. The van der Waals surface area contributed by atoms with Crippen molar-refractivity contribution < 1.29 is 14.6 Å². The fraction of sp³-hybridized carbons (Fsp3) is 0.118. The smallest absolute Gasteiger partial charge is 0.226 e. The zero-order valence-corrected chi connectivity index (χ0v) is 13.7. The highest BCUT2D eigenvalue weighted by Crippen LogP contribution is 2.24. The molecule has 3 aromatic rings. The Morgan fingerprint density at radius 3 is 2.83 bits per heavy atom. The number of allylic oxidation sites excluding steroid dienone is 1. The van der Waals surface area contributed by atoms with E-state index in [1.54, 1.807) is 7.11 Å². The number of nitrogens with one attached hydrogen (secondary N) is 1. The highest BCUT2D eigenvalue weighted by molar-refractivity contribution is 7.10. The van der Waals surface area contributed by atoms with E-state index in [-0.39, 0.29) is 11.6 Å². The molecule has 0 bridgehead atoms. The number of aliphatic hydroxyl groups is 1. The Balaban J connectivity index is 1.71. The van der Waals surface area contributed by atoms with Crippen molar-refractivity contribution in [2.24, 2.45) is 0 Å². The first kappa shape index (κ1) is 15.9. The second-order valence-corrected chi connectivity index (χ2v) is 6.05. The Morgan fingerprint density at radius 2 is 2.17 bits per heavy atom. The van der Waals surface area contributed by atoms with Gasteiger partial charge in [-0.15, -0.1) is 11.3 Å². The molecular formula is C17H15N3O3S.